The zero-order valence-electron chi connectivity index (χ0n) is 17.5. The minimum Gasteiger partial charge on any atom is -0.494 e. The summed E-state index contributed by atoms with van der Waals surface area (Å²) < 4.78 is 9.51. The molecule has 0 fully saturated rings. The van der Waals surface area contributed by atoms with E-state index in [9.17, 15) is 4.79 Å². The molecule has 7 heteroatoms. The van der Waals surface area contributed by atoms with Gasteiger partial charge in [-0.3, -0.25) is 4.79 Å². The highest BCUT2D eigenvalue weighted by Crippen LogP contribution is 2.21. The quantitative estimate of drug-likeness (QED) is 0.486. The van der Waals surface area contributed by atoms with Crippen LogP contribution < -0.4 is 10.2 Å². The van der Waals surface area contributed by atoms with Crippen LogP contribution in [0.25, 0.3) is 5.82 Å². The number of aryl methyl sites for hydroxylation is 1. The fourth-order valence-corrected chi connectivity index (χ4v) is 3.25. The molecule has 0 radical (unpaired) electrons. The van der Waals surface area contributed by atoms with Crippen LogP contribution in [0.3, 0.4) is 0 Å². The Balaban J connectivity index is 1.74. The van der Waals surface area contributed by atoms with Gasteiger partial charge in [0.25, 0.3) is 5.91 Å². The van der Waals surface area contributed by atoms with Crippen molar-refractivity contribution in [3.63, 3.8) is 0 Å². The highest BCUT2D eigenvalue weighted by Gasteiger charge is 2.14. The van der Waals surface area contributed by atoms with Gasteiger partial charge in [0.2, 0.25) is 0 Å². The van der Waals surface area contributed by atoms with Crippen molar-refractivity contribution in [2.45, 2.75) is 40.7 Å². The van der Waals surface area contributed by atoms with Crippen LogP contribution in [0.4, 0.5) is 0 Å². The summed E-state index contributed by atoms with van der Waals surface area (Å²) in [6.07, 6.45) is 3.47. The third-order valence-corrected chi connectivity index (χ3v) is 4.64. The number of hydrogen-bond acceptors (Lipinski definition) is 4. The van der Waals surface area contributed by atoms with Crippen LogP contribution in [0.1, 0.15) is 54.1 Å². The molecule has 0 unspecified atom stereocenters. The second-order valence-corrected chi connectivity index (χ2v) is 7.05. The van der Waals surface area contributed by atoms with Crippen molar-refractivity contribution in [1.29, 1.82) is 0 Å². The van der Waals surface area contributed by atoms with E-state index in [0.717, 1.165) is 28.5 Å². The van der Waals surface area contributed by atoms with Gasteiger partial charge in [0.1, 0.15) is 11.6 Å². The third kappa shape index (κ3) is 4.39. The second-order valence-electron chi connectivity index (χ2n) is 7.05. The predicted molar refractivity (Wildman–Crippen MR) is 114 cm³/mol. The number of aromatic nitrogens is 3. The molecule has 1 amide bonds. The summed E-state index contributed by atoms with van der Waals surface area (Å²) in [4.78, 5) is 12.3. The standard InChI is InChI=1S/C22H27N5O2/c1-6-29-20-9-7-18(8-10-20)22(28)25-23-14-19-13-16(4)26(17(19)5)21-11-12-24-27(21)15(2)3/h7-15H,6H2,1-5H3,(H,25,28)/b23-14-. The number of amides is 1. The second kappa shape index (κ2) is 8.77. The molecular formula is C22H27N5O2. The van der Waals surface area contributed by atoms with E-state index in [1.165, 1.54) is 0 Å². The van der Waals surface area contributed by atoms with Gasteiger partial charge in [-0.2, -0.15) is 10.2 Å². The van der Waals surface area contributed by atoms with E-state index >= 15 is 0 Å². The van der Waals surface area contributed by atoms with Crippen molar-refractivity contribution in [1.82, 2.24) is 19.8 Å². The molecule has 152 valence electrons. The average molecular weight is 393 g/mol. The zero-order valence-corrected chi connectivity index (χ0v) is 17.5. The van der Waals surface area contributed by atoms with Crippen LogP contribution in [0, 0.1) is 13.8 Å². The molecule has 1 aromatic carbocycles. The van der Waals surface area contributed by atoms with Gasteiger partial charge in [0.15, 0.2) is 0 Å². The molecule has 29 heavy (non-hydrogen) atoms. The molecule has 1 N–H and O–H groups in total. The largest absolute Gasteiger partial charge is 0.494 e. The van der Waals surface area contributed by atoms with Gasteiger partial charge in [-0.25, -0.2) is 10.1 Å². The Morgan fingerprint density at radius 3 is 2.62 bits per heavy atom. The Morgan fingerprint density at radius 1 is 1.24 bits per heavy atom. The van der Waals surface area contributed by atoms with Crippen molar-refractivity contribution in [3.8, 4) is 11.6 Å². The van der Waals surface area contributed by atoms with Crippen LogP contribution >= 0.6 is 0 Å². The number of rotatable bonds is 7. The van der Waals surface area contributed by atoms with Gasteiger partial charge in [0.05, 0.1) is 19.0 Å². The summed E-state index contributed by atoms with van der Waals surface area (Å²) in [5.74, 6) is 1.48. The molecular weight excluding hydrogens is 366 g/mol. The molecule has 0 aliphatic carbocycles. The van der Waals surface area contributed by atoms with E-state index in [1.54, 1.807) is 36.7 Å². The van der Waals surface area contributed by atoms with Crippen molar-refractivity contribution in [3.05, 3.63) is 65.1 Å². The zero-order chi connectivity index (χ0) is 21.0. The van der Waals surface area contributed by atoms with Gasteiger partial charge in [0, 0.05) is 34.6 Å². The van der Waals surface area contributed by atoms with Gasteiger partial charge in [-0.1, -0.05) is 0 Å². The molecule has 0 saturated carbocycles. The Morgan fingerprint density at radius 2 is 1.97 bits per heavy atom. The van der Waals surface area contributed by atoms with Gasteiger partial charge in [-0.05, 0) is 65.0 Å². The normalized spacial score (nSPS) is 11.4. The number of carbonyl (C=O) groups excluding carboxylic acids is 1. The number of nitrogens with zero attached hydrogens (tertiary/aromatic N) is 4. The molecule has 2 heterocycles. The number of ether oxygens (including phenoxy) is 1. The molecule has 2 aromatic heterocycles. The molecule has 0 atom stereocenters. The monoisotopic (exact) mass is 393 g/mol. The van der Waals surface area contributed by atoms with Crippen LogP contribution in [-0.4, -0.2) is 33.1 Å². The Kier molecular flexibility index (Phi) is 6.16. The van der Waals surface area contributed by atoms with Crippen LogP contribution in [0.5, 0.6) is 5.75 Å². The lowest BCUT2D eigenvalue weighted by Gasteiger charge is -2.14. The maximum absolute atomic E-state index is 12.3. The van der Waals surface area contributed by atoms with Crippen molar-refractivity contribution < 1.29 is 9.53 Å². The first-order chi connectivity index (χ1) is 13.9. The van der Waals surface area contributed by atoms with E-state index in [2.05, 4.69) is 34.0 Å². The van der Waals surface area contributed by atoms with E-state index < -0.39 is 0 Å². The van der Waals surface area contributed by atoms with E-state index in [-0.39, 0.29) is 11.9 Å². The van der Waals surface area contributed by atoms with Gasteiger partial charge >= 0.3 is 0 Å². The average Bonchev–Trinajstić information content (AvgIpc) is 3.27. The van der Waals surface area contributed by atoms with E-state index in [4.69, 9.17) is 4.74 Å². The lowest BCUT2D eigenvalue weighted by Crippen LogP contribution is -2.17. The summed E-state index contributed by atoms with van der Waals surface area (Å²) in [6, 6.07) is 11.3. The predicted octanol–water partition coefficient (Wildman–Crippen LogP) is 4.03. The summed E-state index contributed by atoms with van der Waals surface area (Å²) >= 11 is 0. The topological polar surface area (TPSA) is 73.4 Å². The molecule has 3 rings (SSSR count). The van der Waals surface area contributed by atoms with E-state index in [0.29, 0.717) is 12.2 Å². The fourth-order valence-electron chi connectivity index (χ4n) is 3.25. The third-order valence-electron chi connectivity index (χ3n) is 4.64. The lowest BCUT2D eigenvalue weighted by molar-refractivity contribution is 0.0955. The first kappa shape index (κ1) is 20.4. The Hall–Kier alpha value is -3.35. The molecule has 0 bridgehead atoms. The number of nitrogens with one attached hydrogen (secondary N) is 1. The lowest BCUT2D eigenvalue weighted by atomic mass is 10.2. The maximum atomic E-state index is 12.3. The number of carbonyl (C=O) groups is 1. The first-order valence-electron chi connectivity index (χ1n) is 9.71. The number of benzene rings is 1. The molecule has 0 saturated heterocycles. The van der Waals surface area contributed by atoms with E-state index in [1.807, 2.05) is 37.6 Å². The Labute approximate surface area is 171 Å². The summed E-state index contributed by atoms with van der Waals surface area (Å²) in [6.45, 7) is 10.8. The summed E-state index contributed by atoms with van der Waals surface area (Å²) in [5.41, 5.74) is 6.15. The molecule has 7 nitrogen and oxygen atoms in total. The molecule has 0 aliphatic heterocycles. The number of hydrazone groups is 1. The van der Waals surface area contributed by atoms with Crippen molar-refractivity contribution >= 4 is 12.1 Å². The molecule has 0 aliphatic rings. The van der Waals surface area contributed by atoms with Crippen molar-refractivity contribution in [2.75, 3.05) is 6.61 Å². The van der Waals surface area contributed by atoms with Crippen LogP contribution in [0.15, 0.2) is 47.7 Å². The summed E-state index contributed by atoms with van der Waals surface area (Å²) in [7, 11) is 0. The van der Waals surface area contributed by atoms with Crippen LogP contribution in [-0.2, 0) is 0 Å². The summed E-state index contributed by atoms with van der Waals surface area (Å²) in [5, 5.41) is 8.56. The van der Waals surface area contributed by atoms with Crippen LogP contribution in [0.2, 0.25) is 0 Å². The Bertz CT molecular complexity index is 1010. The minimum absolute atomic E-state index is 0.256. The molecule has 3 aromatic rings. The molecule has 0 spiro atoms. The number of hydrogen-bond donors (Lipinski definition) is 1. The SMILES string of the molecule is CCOc1ccc(C(=O)N/N=C\c2cc(C)n(-c3ccnn3C(C)C)c2C)cc1. The van der Waals surface area contributed by atoms with Crippen molar-refractivity contribution in [2.24, 2.45) is 5.10 Å². The maximum Gasteiger partial charge on any atom is 0.271 e. The fraction of sp³-hybridized carbons (Fsp3) is 0.318. The smallest absolute Gasteiger partial charge is 0.271 e. The minimum atomic E-state index is -0.268. The highest BCUT2D eigenvalue weighted by atomic mass is 16.5. The highest BCUT2D eigenvalue weighted by molar-refractivity contribution is 5.95. The van der Waals surface area contributed by atoms with Gasteiger partial charge in [-0.15, -0.1) is 0 Å². The first-order valence-corrected chi connectivity index (χ1v) is 9.71. The van der Waals surface area contributed by atoms with Gasteiger partial charge < -0.3 is 9.30 Å².